The number of nitro groups is 1. The highest BCUT2D eigenvalue weighted by Crippen LogP contribution is 2.39. The van der Waals surface area contributed by atoms with Crippen molar-refractivity contribution in [3.05, 3.63) is 88.5 Å². The fourth-order valence-corrected chi connectivity index (χ4v) is 5.33. The molecule has 3 heterocycles. The highest BCUT2D eigenvalue weighted by Gasteiger charge is 2.45. The fourth-order valence-electron chi connectivity index (χ4n) is 4.26. The number of imidazole rings is 1. The molecule has 1 amide bonds. The molecule has 4 aromatic rings. The molecule has 1 fully saturated rings. The molecule has 13 nitrogen and oxygen atoms in total. The van der Waals surface area contributed by atoms with Crippen LogP contribution in [0.25, 0.3) is 11.2 Å². The molecule has 1 aliphatic heterocycles. The van der Waals surface area contributed by atoms with Gasteiger partial charge in [-0.2, -0.15) is 0 Å². The van der Waals surface area contributed by atoms with E-state index in [4.69, 9.17) is 9.47 Å². The minimum absolute atomic E-state index is 0.00756. The standard InChI is InChI=1S/C25H24N6O7S/c32-10-18-20(33)21(39-14-37-11-16-8-4-5-9-17(16)31(35)36)25(38-18)30-13-28-19-22(26-12-27-23(19)30)29-24(34)15-6-2-1-3-7-15/h1-9,12-13,18,20-21,25,32-33H,10-11,14H2,(H,26,27,29,34)/t18-,20-,21+,25-/m1/s1. The third kappa shape index (κ3) is 5.60. The smallest absolute Gasteiger partial charge is 0.274 e. The summed E-state index contributed by atoms with van der Waals surface area (Å²) < 4.78 is 13.2. The summed E-state index contributed by atoms with van der Waals surface area (Å²) in [5.74, 6) is -0.0599. The molecule has 0 spiro atoms. The number of hydrogen-bond donors (Lipinski definition) is 3. The lowest BCUT2D eigenvalue weighted by molar-refractivity contribution is -0.385. The third-order valence-corrected chi connectivity index (χ3v) is 7.38. The summed E-state index contributed by atoms with van der Waals surface area (Å²) in [7, 11) is 0. The van der Waals surface area contributed by atoms with Crippen molar-refractivity contribution in [2.45, 2.75) is 30.3 Å². The minimum Gasteiger partial charge on any atom is -0.394 e. The third-order valence-electron chi connectivity index (χ3n) is 6.18. The van der Waals surface area contributed by atoms with Gasteiger partial charge in [-0.1, -0.05) is 30.3 Å². The SMILES string of the molecule is O=C(Nc1ncnc2c1ncn2[C@@H]1O[C@H](CO)[C@@H](O)[C@@H]1SCOCc1ccccc1[N+](=O)[O-])c1ccccc1. The number of hydrogen-bond acceptors (Lipinski definition) is 11. The number of thioether (sulfide) groups is 1. The Morgan fingerprint density at radius 1 is 1.15 bits per heavy atom. The molecule has 0 saturated carbocycles. The number of benzene rings is 2. The van der Waals surface area contributed by atoms with Crippen molar-refractivity contribution in [2.24, 2.45) is 0 Å². The van der Waals surface area contributed by atoms with Crippen LogP contribution in [0, 0.1) is 10.1 Å². The lowest BCUT2D eigenvalue weighted by atomic mass is 10.2. The summed E-state index contributed by atoms with van der Waals surface area (Å²) in [5, 5.41) is 34.0. The van der Waals surface area contributed by atoms with E-state index in [9.17, 15) is 25.1 Å². The Kier molecular flexibility index (Phi) is 8.09. The van der Waals surface area contributed by atoms with Gasteiger partial charge in [-0.3, -0.25) is 19.5 Å². The van der Waals surface area contributed by atoms with Crippen LogP contribution in [0.2, 0.25) is 0 Å². The number of carbonyl (C=O) groups excluding carboxylic acids is 1. The van der Waals surface area contributed by atoms with E-state index in [-0.39, 0.29) is 30.0 Å². The highest BCUT2D eigenvalue weighted by molar-refractivity contribution is 7.99. The number of rotatable bonds is 10. The normalized spacial score (nSPS) is 20.8. The predicted octanol–water partition coefficient (Wildman–Crippen LogP) is 2.51. The van der Waals surface area contributed by atoms with Gasteiger partial charge in [-0.15, -0.1) is 11.8 Å². The molecular formula is C25H24N6O7S. The Balaban J connectivity index is 1.32. The first kappa shape index (κ1) is 26.6. The monoisotopic (exact) mass is 552 g/mol. The van der Waals surface area contributed by atoms with Gasteiger partial charge < -0.3 is 25.0 Å². The van der Waals surface area contributed by atoms with Crippen LogP contribution in [-0.2, 0) is 16.1 Å². The van der Waals surface area contributed by atoms with Crippen LogP contribution in [0.5, 0.6) is 0 Å². The van der Waals surface area contributed by atoms with E-state index in [2.05, 4.69) is 20.3 Å². The van der Waals surface area contributed by atoms with E-state index in [0.29, 0.717) is 22.3 Å². The zero-order chi connectivity index (χ0) is 27.4. The number of carbonyl (C=O) groups is 1. The lowest BCUT2D eigenvalue weighted by Gasteiger charge is -2.21. The average molecular weight is 553 g/mol. The number of fused-ring (bicyclic) bond motifs is 1. The van der Waals surface area contributed by atoms with E-state index < -0.39 is 35.2 Å². The molecule has 2 aromatic carbocycles. The Morgan fingerprint density at radius 3 is 2.69 bits per heavy atom. The molecule has 3 N–H and O–H groups in total. The number of ether oxygens (including phenoxy) is 2. The molecule has 0 unspecified atom stereocenters. The highest BCUT2D eigenvalue weighted by atomic mass is 32.2. The van der Waals surface area contributed by atoms with E-state index in [0.717, 1.165) is 0 Å². The van der Waals surface area contributed by atoms with Gasteiger partial charge >= 0.3 is 0 Å². The lowest BCUT2D eigenvalue weighted by Crippen LogP contribution is -2.31. The number of aromatic nitrogens is 4. The largest absolute Gasteiger partial charge is 0.394 e. The first-order valence-electron chi connectivity index (χ1n) is 11.9. The molecule has 4 atom stereocenters. The summed E-state index contributed by atoms with van der Waals surface area (Å²) in [6.45, 7) is -0.403. The van der Waals surface area contributed by atoms with Gasteiger partial charge in [0.25, 0.3) is 11.6 Å². The topological polar surface area (TPSA) is 175 Å². The summed E-state index contributed by atoms with van der Waals surface area (Å²) in [4.78, 5) is 36.3. The zero-order valence-corrected chi connectivity index (χ0v) is 21.2. The maximum atomic E-state index is 12.7. The van der Waals surface area contributed by atoms with Gasteiger partial charge in [0.15, 0.2) is 23.2 Å². The molecule has 39 heavy (non-hydrogen) atoms. The van der Waals surface area contributed by atoms with Gasteiger partial charge in [0.05, 0.1) is 47.3 Å². The average Bonchev–Trinajstić information content (AvgIpc) is 3.52. The second kappa shape index (κ2) is 11.8. The predicted molar refractivity (Wildman–Crippen MR) is 141 cm³/mol. The van der Waals surface area contributed by atoms with Crippen LogP contribution < -0.4 is 5.32 Å². The molecule has 0 aliphatic carbocycles. The quantitative estimate of drug-likeness (QED) is 0.114. The van der Waals surface area contributed by atoms with Crippen LogP contribution in [-0.4, -0.2) is 70.6 Å². The van der Waals surface area contributed by atoms with Crippen LogP contribution >= 0.6 is 11.8 Å². The summed E-state index contributed by atoms with van der Waals surface area (Å²) in [6, 6.07) is 15.0. The van der Waals surface area contributed by atoms with Gasteiger partial charge in [-0.25, -0.2) is 15.0 Å². The Bertz CT molecular complexity index is 1470. The van der Waals surface area contributed by atoms with Crippen LogP contribution in [0.3, 0.4) is 0 Å². The number of para-hydroxylation sites is 1. The van der Waals surface area contributed by atoms with Crippen LogP contribution in [0.15, 0.2) is 67.3 Å². The van der Waals surface area contributed by atoms with Crippen LogP contribution in [0.4, 0.5) is 11.5 Å². The van der Waals surface area contributed by atoms with Gasteiger partial charge in [0, 0.05) is 11.6 Å². The number of aliphatic hydroxyl groups excluding tert-OH is 2. The molecule has 14 heteroatoms. The maximum Gasteiger partial charge on any atom is 0.274 e. The van der Waals surface area contributed by atoms with Crippen molar-refractivity contribution in [1.29, 1.82) is 0 Å². The van der Waals surface area contributed by atoms with Crippen molar-refractivity contribution in [3.63, 3.8) is 0 Å². The fraction of sp³-hybridized carbons (Fsp3) is 0.280. The van der Waals surface area contributed by atoms with E-state index >= 15 is 0 Å². The summed E-state index contributed by atoms with van der Waals surface area (Å²) in [5.41, 5.74) is 1.52. The first-order chi connectivity index (χ1) is 19.0. The first-order valence-corrected chi connectivity index (χ1v) is 12.9. The molecule has 5 rings (SSSR count). The second-order valence-electron chi connectivity index (χ2n) is 8.59. The summed E-state index contributed by atoms with van der Waals surface area (Å²) >= 11 is 1.23. The Hall–Kier alpha value is -3.95. The van der Waals surface area contributed by atoms with E-state index in [1.807, 2.05) is 6.07 Å². The molecule has 202 valence electrons. The second-order valence-corrected chi connectivity index (χ2v) is 9.70. The number of nitro benzene ring substituents is 1. The van der Waals surface area contributed by atoms with Gasteiger partial charge in [0.2, 0.25) is 0 Å². The van der Waals surface area contributed by atoms with Crippen molar-refractivity contribution >= 4 is 40.3 Å². The molecule has 2 aromatic heterocycles. The number of nitrogens with zero attached hydrogens (tertiary/aromatic N) is 5. The van der Waals surface area contributed by atoms with Crippen molar-refractivity contribution in [3.8, 4) is 0 Å². The number of amides is 1. The van der Waals surface area contributed by atoms with Crippen molar-refractivity contribution in [1.82, 2.24) is 19.5 Å². The summed E-state index contributed by atoms with van der Waals surface area (Å²) in [6.07, 6.45) is 0.0645. The zero-order valence-electron chi connectivity index (χ0n) is 20.4. The van der Waals surface area contributed by atoms with Crippen molar-refractivity contribution in [2.75, 3.05) is 17.9 Å². The molecular weight excluding hydrogens is 528 g/mol. The van der Waals surface area contributed by atoms with Crippen molar-refractivity contribution < 1.29 is 29.4 Å². The Labute approximate surface area is 226 Å². The maximum absolute atomic E-state index is 12.7. The molecule has 0 radical (unpaired) electrons. The Morgan fingerprint density at radius 2 is 1.92 bits per heavy atom. The molecule has 0 bridgehead atoms. The minimum atomic E-state index is -1.05. The van der Waals surface area contributed by atoms with Gasteiger partial charge in [0.1, 0.15) is 12.4 Å². The molecule has 1 aliphatic rings. The van der Waals surface area contributed by atoms with E-state index in [1.165, 1.54) is 30.5 Å². The van der Waals surface area contributed by atoms with Crippen LogP contribution in [0.1, 0.15) is 22.1 Å². The van der Waals surface area contributed by atoms with E-state index in [1.54, 1.807) is 47.0 Å². The molecule has 1 saturated heterocycles. The number of nitrogens with one attached hydrogen (secondary N) is 1. The number of aliphatic hydroxyl groups is 2. The van der Waals surface area contributed by atoms with Gasteiger partial charge in [-0.05, 0) is 18.2 Å². The number of anilines is 1.